The minimum Gasteiger partial charge on any atom is -0.467 e. The van der Waals surface area contributed by atoms with Gasteiger partial charge in [0.05, 0.1) is 17.2 Å². The second-order valence-electron chi connectivity index (χ2n) is 7.70. The molecule has 8 nitrogen and oxygen atoms in total. The number of carbonyl (C=O) groups is 1. The number of ether oxygens (including phenoxy) is 2. The average Bonchev–Trinajstić information content (AvgIpc) is 3.18. The number of amidine groups is 1. The molecule has 0 aromatic heterocycles. The molecule has 0 spiro atoms. The van der Waals surface area contributed by atoms with Crippen LogP contribution in [0.15, 0.2) is 77.4 Å². The maximum Gasteiger partial charge on any atom is 0.283 e. The van der Waals surface area contributed by atoms with Crippen LogP contribution in [0.25, 0.3) is 6.08 Å². The largest absolute Gasteiger partial charge is 0.467 e. The molecule has 0 saturated heterocycles. The molecule has 176 valence electrons. The van der Waals surface area contributed by atoms with Crippen LogP contribution in [0, 0.1) is 15.9 Å². The molecule has 35 heavy (non-hydrogen) atoms. The number of aliphatic imine (C=N–C) groups is 1. The molecule has 0 saturated carbocycles. The molecule has 0 atom stereocenters. The summed E-state index contributed by atoms with van der Waals surface area (Å²) in [5.74, 6) is 0.0161. The summed E-state index contributed by atoms with van der Waals surface area (Å²) in [6.45, 7) is 0.257. The fraction of sp³-hybridized carbons (Fsp3) is 0.120. The second kappa shape index (κ2) is 9.69. The summed E-state index contributed by atoms with van der Waals surface area (Å²) in [7, 11) is 0. The Bertz CT molecular complexity index is 1360. The number of nitro benzene ring substituents is 1. The number of benzene rings is 3. The van der Waals surface area contributed by atoms with E-state index in [2.05, 4.69) is 4.99 Å². The summed E-state index contributed by atoms with van der Waals surface area (Å²) in [4.78, 5) is 30.2. The number of hydrogen-bond donors (Lipinski definition) is 0. The number of anilines is 1. The summed E-state index contributed by atoms with van der Waals surface area (Å²) in [5, 5.41) is 11.8. The number of nitro groups is 1. The minimum atomic E-state index is -0.467. The van der Waals surface area contributed by atoms with Gasteiger partial charge in [-0.15, -0.1) is 0 Å². The first-order valence-corrected chi connectivity index (χ1v) is 11.6. The minimum absolute atomic E-state index is 0.0492. The number of halogens is 1. The quantitative estimate of drug-likeness (QED) is 0.274. The van der Waals surface area contributed by atoms with Crippen LogP contribution in [0.2, 0.25) is 0 Å². The first-order chi connectivity index (χ1) is 17.0. The summed E-state index contributed by atoms with van der Waals surface area (Å²) in [6, 6.07) is 17.8. The van der Waals surface area contributed by atoms with Crippen LogP contribution in [0.1, 0.15) is 16.7 Å². The third kappa shape index (κ3) is 4.79. The first kappa shape index (κ1) is 22.8. The first-order valence-electron chi connectivity index (χ1n) is 10.6. The van der Waals surface area contributed by atoms with Crippen molar-refractivity contribution in [2.24, 2.45) is 4.99 Å². The Kier molecular flexibility index (Phi) is 6.30. The Morgan fingerprint density at radius 2 is 1.91 bits per heavy atom. The number of fused-ring (bicyclic) bond motifs is 1. The van der Waals surface area contributed by atoms with E-state index in [0.29, 0.717) is 27.7 Å². The summed E-state index contributed by atoms with van der Waals surface area (Å²) in [5.41, 5.74) is 2.62. The molecule has 3 aromatic rings. The highest BCUT2D eigenvalue weighted by Crippen LogP contribution is 2.37. The van der Waals surface area contributed by atoms with Crippen molar-refractivity contribution < 1.29 is 23.6 Å². The number of non-ortho nitro benzene ring substituents is 1. The third-order valence-corrected chi connectivity index (χ3v) is 6.34. The molecule has 5 rings (SSSR count). The molecule has 0 aliphatic carbocycles. The highest BCUT2D eigenvalue weighted by molar-refractivity contribution is 8.13. The van der Waals surface area contributed by atoms with E-state index in [-0.39, 0.29) is 36.4 Å². The molecule has 0 bridgehead atoms. The maximum atomic E-state index is 13.5. The van der Waals surface area contributed by atoms with E-state index in [9.17, 15) is 19.3 Å². The number of nitrogens with zero attached hydrogens (tertiary/aromatic N) is 3. The van der Waals surface area contributed by atoms with Gasteiger partial charge in [-0.3, -0.25) is 19.8 Å². The molecule has 0 N–H and O–H groups in total. The molecule has 10 heteroatoms. The molecular formula is C25H18FN3O5S. The van der Waals surface area contributed by atoms with Crippen molar-refractivity contribution in [1.82, 2.24) is 0 Å². The molecule has 0 radical (unpaired) electrons. The van der Waals surface area contributed by atoms with Gasteiger partial charge < -0.3 is 9.47 Å². The summed E-state index contributed by atoms with van der Waals surface area (Å²) >= 11 is 1.23. The number of amides is 1. The topological polar surface area (TPSA) is 94.3 Å². The Labute approximate surface area is 203 Å². The van der Waals surface area contributed by atoms with Crippen molar-refractivity contribution in [1.29, 1.82) is 0 Å². The Balaban J connectivity index is 1.50. The van der Waals surface area contributed by atoms with E-state index in [1.807, 2.05) is 30.3 Å². The SMILES string of the molecule is O=C1C(=Cc2ccccc2)N=C(SCc2cc([N+](=O)[O-])cc3c2OCOC3)N1c1ccc(F)cc1. The lowest BCUT2D eigenvalue weighted by Crippen LogP contribution is -2.30. The van der Waals surface area contributed by atoms with Gasteiger partial charge in [0, 0.05) is 29.0 Å². The Morgan fingerprint density at radius 3 is 2.66 bits per heavy atom. The van der Waals surface area contributed by atoms with Crippen LogP contribution in [0.3, 0.4) is 0 Å². The van der Waals surface area contributed by atoms with Crippen molar-refractivity contribution in [2.45, 2.75) is 12.4 Å². The van der Waals surface area contributed by atoms with Gasteiger partial charge in [0.15, 0.2) is 12.0 Å². The van der Waals surface area contributed by atoms with Gasteiger partial charge in [-0.05, 0) is 35.9 Å². The summed E-state index contributed by atoms with van der Waals surface area (Å²) in [6.07, 6.45) is 1.68. The molecule has 0 unspecified atom stereocenters. The normalized spacial score (nSPS) is 16.1. The van der Waals surface area contributed by atoms with Gasteiger partial charge in [0.1, 0.15) is 17.3 Å². The van der Waals surface area contributed by atoms with Crippen LogP contribution in [0.5, 0.6) is 5.75 Å². The Morgan fingerprint density at radius 1 is 1.14 bits per heavy atom. The van der Waals surface area contributed by atoms with E-state index in [1.165, 1.54) is 53.1 Å². The van der Waals surface area contributed by atoms with Crippen molar-refractivity contribution in [3.05, 3.63) is 105 Å². The monoisotopic (exact) mass is 491 g/mol. The van der Waals surface area contributed by atoms with E-state index >= 15 is 0 Å². The number of rotatable bonds is 5. The number of carbonyl (C=O) groups excluding carboxylic acids is 1. The smallest absolute Gasteiger partial charge is 0.283 e. The second-order valence-corrected chi connectivity index (χ2v) is 8.64. The molecule has 2 aliphatic rings. The predicted molar refractivity (Wildman–Crippen MR) is 130 cm³/mol. The van der Waals surface area contributed by atoms with E-state index < -0.39 is 10.7 Å². The highest BCUT2D eigenvalue weighted by atomic mass is 32.2. The average molecular weight is 492 g/mol. The fourth-order valence-corrected chi connectivity index (χ4v) is 4.73. The molecule has 0 fully saturated rings. The van der Waals surface area contributed by atoms with Crippen LogP contribution < -0.4 is 9.64 Å². The summed E-state index contributed by atoms with van der Waals surface area (Å²) < 4.78 is 24.4. The van der Waals surface area contributed by atoms with Gasteiger partial charge in [0.25, 0.3) is 11.6 Å². The van der Waals surface area contributed by atoms with Crippen LogP contribution in [-0.4, -0.2) is 22.8 Å². The van der Waals surface area contributed by atoms with Crippen LogP contribution in [0.4, 0.5) is 15.8 Å². The predicted octanol–water partition coefficient (Wildman–Crippen LogP) is 5.28. The van der Waals surface area contributed by atoms with Gasteiger partial charge >= 0.3 is 0 Å². The number of thioether (sulfide) groups is 1. The van der Waals surface area contributed by atoms with E-state index in [0.717, 1.165) is 5.56 Å². The van der Waals surface area contributed by atoms with Gasteiger partial charge in [-0.2, -0.15) is 0 Å². The lowest BCUT2D eigenvalue weighted by Gasteiger charge is -2.21. The molecule has 1 amide bonds. The van der Waals surface area contributed by atoms with Crippen molar-refractivity contribution in [3.63, 3.8) is 0 Å². The zero-order chi connectivity index (χ0) is 24.4. The Hall–Kier alpha value is -4.02. The zero-order valence-corrected chi connectivity index (χ0v) is 19.0. The van der Waals surface area contributed by atoms with Crippen LogP contribution >= 0.6 is 11.8 Å². The standard InChI is InChI=1S/C25H18FN3O5S/c26-19-6-8-20(9-7-19)28-24(30)22(10-16-4-2-1-3-5-16)27-25(28)35-14-18-12-21(29(31)32)11-17-13-33-15-34-23(17)18/h1-12H,13-15H2. The van der Waals surface area contributed by atoms with E-state index in [1.54, 1.807) is 6.08 Å². The third-order valence-electron chi connectivity index (χ3n) is 5.36. The van der Waals surface area contributed by atoms with Gasteiger partial charge in [-0.25, -0.2) is 9.38 Å². The van der Waals surface area contributed by atoms with Crippen molar-refractivity contribution >= 4 is 40.3 Å². The molecule has 3 aromatic carbocycles. The molecule has 2 aliphatic heterocycles. The lowest BCUT2D eigenvalue weighted by molar-refractivity contribution is -0.385. The van der Waals surface area contributed by atoms with Crippen molar-refractivity contribution in [2.75, 3.05) is 11.7 Å². The highest BCUT2D eigenvalue weighted by Gasteiger charge is 2.32. The van der Waals surface area contributed by atoms with Gasteiger partial charge in [-0.1, -0.05) is 42.1 Å². The molecule has 2 heterocycles. The number of hydrogen-bond acceptors (Lipinski definition) is 7. The lowest BCUT2D eigenvalue weighted by atomic mass is 10.1. The van der Waals surface area contributed by atoms with Gasteiger partial charge in [0.2, 0.25) is 0 Å². The fourth-order valence-electron chi connectivity index (χ4n) is 3.75. The van der Waals surface area contributed by atoms with E-state index in [4.69, 9.17) is 9.47 Å². The molecular weight excluding hydrogens is 473 g/mol. The van der Waals surface area contributed by atoms with Crippen LogP contribution in [-0.2, 0) is 21.9 Å². The van der Waals surface area contributed by atoms with Crippen molar-refractivity contribution in [3.8, 4) is 5.75 Å². The zero-order valence-electron chi connectivity index (χ0n) is 18.2. The maximum absolute atomic E-state index is 13.5.